The monoisotopic (exact) mass is 374 g/mol. The summed E-state index contributed by atoms with van der Waals surface area (Å²) in [6.07, 6.45) is 8.42. The fourth-order valence-corrected chi connectivity index (χ4v) is 4.96. The molecule has 1 aromatic heterocycles. The molecule has 2 aromatic rings. The summed E-state index contributed by atoms with van der Waals surface area (Å²) in [5.41, 5.74) is 7.67. The number of fused-ring (bicyclic) bond motifs is 3. The maximum Gasteiger partial charge on any atom is 0.219 e. The van der Waals surface area contributed by atoms with Crippen LogP contribution >= 0.6 is 12.4 Å². The Hall–Kier alpha value is -1.62. The summed E-state index contributed by atoms with van der Waals surface area (Å²) in [7, 11) is 0. The van der Waals surface area contributed by atoms with E-state index in [-0.39, 0.29) is 17.8 Å². The highest BCUT2D eigenvalue weighted by molar-refractivity contribution is 5.85. The highest BCUT2D eigenvalue weighted by Gasteiger charge is 2.54. The first-order valence-electron chi connectivity index (χ1n) is 9.32. The second-order valence-electron chi connectivity index (χ2n) is 7.45. The van der Waals surface area contributed by atoms with Gasteiger partial charge in [0.05, 0.1) is 5.60 Å². The van der Waals surface area contributed by atoms with Gasteiger partial charge in [0.1, 0.15) is 5.75 Å². The third kappa shape index (κ3) is 3.11. The van der Waals surface area contributed by atoms with Crippen molar-refractivity contribution in [2.75, 3.05) is 6.54 Å². The SMILES string of the molecule is Cl.NCC[C@@]12CCCC[C@]1(O)CCc1ccc(Oc3ccccn3)cc12. The molecule has 5 heteroatoms. The predicted molar refractivity (Wildman–Crippen MR) is 105 cm³/mol. The summed E-state index contributed by atoms with van der Waals surface area (Å²) in [5.74, 6) is 1.37. The van der Waals surface area contributed by atoms with Crippen molar-refractivity contribution in [1.29, 1.82) is 0 Å². The van der Waals surface area contributed by atoms with Crippen molar-refractivity contribution < 1.29 is 9.84 Å². The largest absolute Gasteiger partial charge is 0.439 e. The lowest BCUT2D eigenvalue weighted by Gasteiger charge is -2.54. The van der Waals surface area contributed by atoms with E-state index in [2.05, 4.69) is 17.1 Å². The van der Waals surface area contributed by atoms with Crippen LogP contribution in [0.2, 0.25) is 0 Å². The predicted octanol–water partition coefficient (Wildman–Crippen LogP) is 4.13. The number of halogens is 1. The summed E-state index contributed by atoms with van der Waals surface area (Å²) < 4.78 is 5.96. The molecule has 0 saturated heterocycles. The summed E-state index contributed by atoms with van der Waals surface area (Å²) >= 11 is 0. The van der Waals surface area contributed by atoms with Crippen LogP contribution in [0.3, 0.4) is 0 Å². The third-order valence-corrected chi connectivity index (χ3v) is 6.17. The molecule has 0 spiro atoms. The quantitative estimate of drug-likeness (QED) is 0.844. The standard InChI is InChI=1S/C21H26N2O2.ClH/c22-13-12-20-9-2-3-10-21(20,24)11-8-16-6-7-17(15-18(16)20)25-19-5-1-4-14-23-19;/h1,4-7,14-15,24H,2-3,8-13,22H2;1H/t20-,21+;/m1./s1. The molecule has 2 atom stereocenters. The van der Waals surface area contributed by atoms with Gasteiger partial charge in [-0.1, -0.05) is 25.0 Å². The number of aliphatic hydroxyl groups is 1. The van der Waals surface area contributed by atoms with Crippen LogP contribution < -0.4 is 10.5 Å². The Kier molecular flexibility index (Phi) is 5.56. The number of rotatable bonds is 4. The molecule has 140 valence electrons. The topological polar surface area (TPSA) is 68.4 Å². The van der Waals surface area contributed by atoms with Crippen molar-refractivity contribution in [2.24, 2.45) is 5.73 Å². The molecule has 0 amide bonds. The zero-order valence-corrected chi connectivity index (χ0v) is 15.8. The molecule has 0 aliphatic heterocycles. The van der Waals surface area contributed by atoms with Gasteiger partial charge in [-0.05, 0) is 68.0 Å². The molecule has 2 aliphatic carbocycles. The Morgan fingerprint density at radius 3 is 2.73 bits per heavy atom. The van der Waals surface area contributed by atoms with Gasteiger partial charge in [-0.3, -0.25) is 0 Å². The number of hydrogen-bond acceptors (Lipinski definition) is 4. The average molecular weight is 375 g/mol. The molecule has 1 fully saturated rings. The van der Waals surface area contributed by atoms with Gasteiger partial charge in [0.15, 0.2) is 0 Å². The second-order valence-corrected chi connectivity index (χ2v) is 7.45. The first kappa shape index (κ1) is 19.2. The lowest BCUT2D eigenvalue weighted by Crippen LogP contribution is -2.57. The number of nitrogens with zero attached hydrogens (tertiary/aromatic N) is 1. The van der Waals surface area contributed by atoms with E-state index >= 15 is 0 Å². The van der Waals surface area contributed by atoms with E-state index in [9.17, 15) is 5.11 Å². The zero-order chi connectivity index (χ0) is 17.3. The summed E-state index contributed by atoms with van der Waals surface area (Å²) in [4.78, 5) is 4.24. The van der Waals surface area contributed by atoms with Crippen molar-refractivity contribution in [3.8, 4) is 11.6 Å². The molecule has 3 N–H and O–H groups in total. The van der Waals surface area contributed by atoms with E-state index in [1.54, 1.807) is 6.20 Å². The maximum absolute atomic E-state index is 11.5. The van der Waals surface area contributed by atoms with Crippen LogP contribution in [0.4, 0.5) is 0 Å². The van der Waals surface area contributed by atoms with Gasteiger partial charge in [0.2, 0.25) is 5.88 Å². The van der Waals surface area contributed by atoms with Crippen molar-refractivity contribution in [2.45, 2.75) is 56.0 Å². The molecular weight excluding hydrogens is 348 g/mol. The minimum absolute atomic E-state index is 0. The summed E-state index contributed by atoms with van der Waals surface area (Å²) in [5, 5.41) is 11.5. The average Bonchev–Trinajstić information content (AvgIpc) is 2.63. The first-order chi connectivity index (χ1) is 12.2. The van der Waals surface area contributed by atoms with Crippen molar-refractivity contribution in [1.82, 2.24) is 4.98 Å². The first-order valence-corrected chi connectivity index (χ1v) is 9.32. The van der Waals surface area contributed by atoms with Gasteiger partial charge >= 0.3 is 0 Å². The van der Waals surface area contributed by atoms with Crippen LogP contribution in [0.1, 0.15) is 49.7 Å². The Morgan fingerprint density at radius 2 is 1.96 bits per heavy atom. The number of hydrogen-bond donors (Lipinski definition) is 2. The molecular formula is C21H27ClN2O2. The number of pyridine rings is 1. The Labute approximate surface area is 161 Å². The van der Waals surface area contributed by atoms with Crippen LogP contribution in [-0.2, 0) is 11.8 Å². The van der Waals surface area contributed by atoms with Crippen LogP contribution in [-0.4, -0.2) is 22.2 Å². The van der Waals surface area contributed by atoms with Crippen LogP contribution in [0, 0.1) is 0 Å². The fraction of sp³-hybridized carbons (Fsp3) is 0.476. The molecule has 0 unspecified atom stereocenters. The van der Waals surface area contributed by atoms with Crippen molar-refractivity contribution >= 4 is 12.4 Å². The molecule has 1 aromatic carbocycles. The van der Waals surface area contributed by atoms with E-state index in [1.807, 2.05) is 24.3 Å². The van der Waals surface area contributed by atoms with Gasteiger partial charge in [-0.25, -0.2) is 4.98 Å². The molecule has 1 heterocycles. The normalized spacial score (nSPS) is 27.0. The molecule has 2 aliphatic rings. The fourth-order valence-electron chi connectivity index (χ4n) is 4.96. The maximum atomic E-state index is 11.5. The highest BCUT2D eigenvalue weighted by Crippen LogP contribution is 2.55. The zero-order valence-electron chi connectivity index (χ0n) is 15.0. The lowest BCUT2D eigenvalue weighted by molar-refractivity contribution is -0.0862. The molecule has 1 saturated carbocycles. The molecule has 4 nitrogen and oxygen atoms in total. The Bertz CT molecular complexity index is 751. The number of nitrogens with two attached hydrogens (primary N) is 1. The van der Waals surface area contributed by atoms with E-state index in [0.29, 0.717) is 12.4 Å². The Balaban J connectivity index is 0.00000196. The van der Waals surface area contributed by atoms with Crippen molar-refractivity contribution in [3.63, 3.8) is 0 Å². The summed E-state index contributed by atoms with van der Waals surface area (Å²) in [6.45, 7) is 0.590. The summed E-state index contributed by atoms with van der Waals surface area (Å²) in [6, 6.07) is 11.9. The van der Waals surface area contributed by atoms with Gasteiger partial charge in [-0.2, -0.15) is 0 Å². The molecule has 4 rings (SSSR count). The second kappa shape index (κ2) is 7.55. The van der Waals surface area contributed by atoms with Gasteiger partial charge in [0, 0.05) is 17.7 Å². The molecule has 0 bridgehead atoms. The third-order valence-electron chi connectivity index (χ3n) is 6.17. The van der Waals surface area contributed by atoms with E-state index < -0.39 is 5.60 Å². The van der Waals surface area contributed by atoms with Crippen LogP contribution in [0.15, 0.2) is 42.6 Å². The number of benzene rings is 1. The Morgan fingerprint density at radius 1 is 1.12 bits per heavy atom. The van der Waals surface area contributed by atoms with E-state index in [4.69, 9.17) is 10.5 Å². The lowest BCUT2D eigenvalue weighted by atomic mass is 9.53. The number of aromatic nitrogens is 1. The van der Waals surface area contributed by atoms with E-state index in [1.165, 1.54) is 11.1 Å². The smallest absolute Gasteiger partial charge is 0.219 e. The van der Waals surface area contributed by atoms with Crippen LogP contribution in [0.25, 0.3) is 0 Å². The highest BCUT2D eigenvalue weighted by atomic mass is 35.5. The van der Waals surface area contributed by atoms with E-state index in [0.717, 1.165) is 50.7 Å². The van der Waals surface area contributed by atoms with Crippen LogP contribution in [0.5, 0.6) is 11.6 Å². The molecule has 26 heavy (non-hydrogen) atoms. The van der Waals surface area contributed by atoms with Crippen molar-refractivity contribution in [3.05, 3.63) is 53.7 Å². The van der Waals surface area contributed by atoms with Gasteiger partial charge < -0.3 is 15.6 Å². The molecule has 0 radical (unpaired) electrons. The van der Waals surface area contributed by atoms with Gasteiger partial charge in [0.25, 0.3) is 0 Å². The van der Waals surface area contributed by atoms with Gasteiger partial charge in [-0.15, -0.1) is 12.4 Å². The number of ether oxygens (including phenoxy) is 1. The number of aryl methyl sites for hydroxylation is 1. The minimum Gasteiger partial charge on any atom is -0.439 e. The minimum atomic E-state index is -0.638.